The van der Waals surface area contributed by atoms with Crippen LogP contribution in [0.3, 0.4) is 0 Å². The minimum absolute atomic E-state index is 0. The fraction of sp³-hybridized carbons (Fsp3) is 0.158. The molecule has 0 aliphatic heterocycles. The predicted octanol–water partition coefficient (Wildman–Crippen LogP) is 0.964. The highest BCUT2D eigenvalue weighted by molar-refractivity contribution is 6.28. The van der Waals surface area contributed by atoms with E-state index in [2.05, 4.69) is 6.58 Å². The molecule has 5 heteroatoms. The van der Waals surface area contributed by atoms with Gasteiger partial charge in [0.2, 0.25) is 5.78 Å². The minimum Gasteiger partial charge on any atom is -1.00 e. The Bertz CT molecular complexity index is 884. The summed E-state index contributed by atoms with van der Waals surface area (Å²) in [4.78, 5) is 12.6. The van der Waals surface area contributed by atoms with Crippen LogP contribution in [0.25, 0.3) is 11.0 Å². The lowest BCUT2D eigenvalue weighted by molar-refractivity contribution is -0.655. The third kappa shape index (κ3) is 3.45. The Morgan fingerprint density at radius 3 is 2.54 bits per heavy atom. The second-order valence-electron chi connectivity index (χ2n) is 5.53. The van der Waals surface area contributed by atoms with Gasteiger partial charge in [0.25, 0.3) is 0 Å². The fourth-order valence-corrected chi connectivity index (χ4v) is 3.00. The van der Waals surface area contributed by atoms with Gasteiger partial charge in [0.15, 0.2) is 17.6 Å². The third-order valence-electron chi connectivity index (χ3n) is 3.90. The quantitative estimate of drug-likeness (QED) is 0.353. The maximum Gasteiger partial charge on any atom is 0.356 e. The first-order valence-corrected chi connectivity index (χ1v) is 7.87. The van der Waals surface area contributed by atoms with Crippen LogP contribution in [0.2, 0.25) is 5.28 Å². The van der Waals surface area contributed by atoms with Crippen molar-refractivity contribution < 1.29 is 26.3 Å². The molecule has 0 aliphatic carbocycles. The number of allylic oxidation sites excluding steroid dienone is 1. The summed E-state index contributed by atoms with van der Waals surface area (Å²) < 4.78 is 3.80. The van der Waals surface area contributed by atoms with Gasteiger partial charge in [-0.05, 0) is 19.1 Å². The Hall–Kier alpha value is -1.91. The van der Waals surface area contributed by atoms with Crippen LogP contribution in [-0.4, -0.2) is 10.4 Å². The van der Waals surface area contributed by atoms with Crippen molar-refractivity contribution in [1.82, 2.24) is 4.57 Å². The second kappa shape index (κ2) is 7.77. The van der Waals surface area contributed by atoms with Crippen LogP contribution in [0.15, 0.2) is 61.2 Å². The summed E-state index contributed by atoms with van der Waals surface area (Å²) in [6.45, 7) is 6.59. The van der Waals surface area contributed by atoms with Gasteiger partial charge in [0.1, 0.15) is 6.54 Å². The number of para-hydroxylation sites is 2. The Labute approximate surface area is 156 Å². The summed E-state index contributed by atoms with van der Waals surface area (Å²) >= 11 is 6.51. The molecular weight excluding hydrogens is 388 g/mol. The highest BCUT2D eigenvalue weighted by atomic mass is 79.9. The Morgan fingerprint density at radius 1 is 1.21 bits per heavy atom. The number of hydrogen-bond donors (Lipinski definition) is 0. The van der Waals surface area contributed by atoms with Gasteiger partial charge in [-0.15, -0.1) is 0 Å². The van der Waals surface area contributed by atoms with Gasteiger partial charge in [-0.1, -0.05) is 54.6 Å². The number of fused-ring (bicyclic) bond motifs is 1. The van der Waals surface area contributed by atoms with Crippen LogP contribution in [0.5, 0.6) is 0 Å². The van der Waals surface area contributed by atoms with Crippen molar-refractivity contribution in [2.75, 3.05) is 0 Å². The zero-order chi connectivity index (χ0) is 16.4. The summed E-state index contributed by atoms with van der Waals surface area (Å²) in [5, 5.41) is 0.534. The molecule has 0 bridgehead atoms. The fourth-order valence-electron chi connectivity index (χ4n) is 2.69. The summed E-state index contributed by atoms with van der Waals surface area (Å²) in [5.74, 6) is 0.0402. The molecule has 0 atom stereocenters. The molecule has 0 spiro atoms. The smallest absolute Gasteiger partial charge is 0.356 e. The number of halogens is 2. The van der Waals surface area contributed by atoms with Crippen LogP contribution >= 0.6 is 11.6 Å². The van der Waals surface area contributed by atoms with Crippen molar-refractivity contribution in [2.24, 2.45) is 0 Å². The molecule has 0 fully saturated rings. The summed E-state index contributed by atoms with van der Waals surface area (Å²) in [6.07, 6.45) is 1.80. The molecule has 0 N–H and O–H groups in total. The molecule has 0 saturated carbocycles. The van der Waals surface area contributed by atoms with Crippen molar-refractivity contribution in [1.29, 1.82) is 0 Å². The summed E-state index contributed by atoms with van der Waals surface area (Å²) in [5.41, 5.74) is 3.77. The third-order valence-corrected chi connectivity index (χ3v) is 4.30. The van der Waals surface area contributed by atoms with Crippen molar-refractivity contribution in [3.63, 3.8) is 0 Å². The molecule has 1 heterocycles. The minimum atomic E-state index is 0. The molecule has 0 aliphatic rings. The lowest BCUT2D eigenvalue weighted by Crippen LogP contribution is -3.00. The van der Waals surface area contributed by atoms with E-state index in [-0.39, 0.29) is 29.3 Å². The number of aryl methyl sites for hydroxylation is 1. The molecule has 3 nitrogen and oxygen atoms in total. The average Bonchev–Trinajstić information content (AvgIpc) is 2.82. The first-order valence-electron chi connectivity index (χ1n) is 7.49. The second-order valence-corrected chi connectivity index (χ2v) is 5.87. The lowest BCUT2D eigenvalue weighted by Gasteiger charge is -2.01. The number of aromatic nitrogens is 2. The van der Waals surface area contributed by atoms with Crippen LogP contribution < -0.4 is 21.5 Å². The van der Waals surface area contributed by atoms with Gasteiger partial charge < -0.3 is 17.0 Å². The number of benzene rings is 2. The summed E-state index contributed by atoms with van der Waals surface area (Å²) in [6, 6.07) is 15.5. The maximum absolute atomic E-state index is 12.6. The molecule has 0 amide bonds. The first-order chi connectivity index (χ1) is 11.1. The Kier molecular flexibility index (Phi) is 5.97. The van der Waals surface area contributed by atoms with Gasteiger partial charge in [0.05, 0.1) is 0 Å². The highest BCUT2D eigenvalue weighted by Crippen LogP contribution is 2.18. The van der Waals surface area contributed by atoms with Gasteiger partial charge >= 0.3 is 5.28 Å². The number of carbonyl (C=O) groups excluding carboxylic acids is 1. The van der Waals surface area contributed by atoms with E-state index in [9.17, 15) is 4.79 Å². The zero-order valence-corrected chi connectivity index (χ0v) is 15.7. The number of imidazole rings is 1. The highest BCUT2D eigenvalue weighted by Gasteiger charge is 2.24. The zero-order valence-electron chi connectivity index (χ0n) is 13.4. The molecule has 1 aromatic heterocycles. The Balaban J connectivity index is 0.00000208. The van der Waals surface area contributed by atoms with E-state index >= 15 is 0 Å². The summed E-state index contributed by atoms with van der Waals surface area (Å²) in [7, 11) is 0. The van der Waals surface area contributed by atoms with Crippen LogP contribution in [0.4, 0.5) is 0 Å². The van der Waals surface area contributed by atoms with Crippen LogP contribution in [0, 0.1) is 6.92 Å². The molecule has 24 heavy (non-hydrogen) atoms. The van der Waals surface area contributed by atoms with Crippen molar-refractivity contribution in [2.45, 2.75) is 20.0 Å². The van der Waals surface area contributed by atoms with Crippen molar-refractivity contribution in [3.8, 4) is 0 Å². The van der Waals surface area contributed by atoms with E-state index in [0.29, 0.717) is 17.4 Å². The van der Waals surface area contributed by atoms with Crippen LogP contribution in [-0.2, 0) is 13.1 Å². The van der Waals surface area contributed by atoms with E-state index in [1.807, 2.05) is 64.6 Å². The molecular formula is C19H18BrClN2O. The standard InChI is InChI=1S/C19H18ClN2O.BrH/c1-3-12-21-16-6-4-5-7-17(16)22(19(21)20)13-18(23)15-10-8-14(2)9-11-15;/h3-11H,1,12-13H2,2H3;1H/q+1;/p-1. The van der Waals surface area contributed by atoms with E-state index in [4.69, 9.17) is 11.6 Å². The average molecular weight is 406 g/mol. The monoisotopic (exact) mass is 404 g/mol. The van der Waals surface area contributed by atoms with Gasteiger partial charge in [0, 0.05) is 17.2 Å². The van der Waals surface area contributed by atoms with Crippen LogP contribution in [0.1, 0.15) is 15.9 Å². The molecule has 3 rings (SSSR count). The van der Waals surface area contributed by atoms with Crippen molar-refractivity contribution >= 4 is 28.4 Å². The van der Waals surface area contributed by atoms with E-state index in [1.165, 1.54) is 0 Å². The largest absolute Gasteiger partial charge is 1.00 e. The topological polar surface area (TPSA) is 25.9 Å². The molecule has 124 valence electrons. The van der Waals surface area contributed by atoms with Crippen molar-refractivity contribution in [3.05, 3.63) is 77.6 Å². The molecule has 0 saturated heterocycles. The molecule has 2 aromatic carbocycles. The number of carbonyl (C=O) groups is 1. The maximum atomic E-state index is 12.6. The number of ketones is 1. The predicted molar refractivity (Wildman–Crippen MR) is 92.8 cm³/mol. The first kappa shape index (κ1) is 18.4. The molecule has 0 unspecified atom stereocenters. The van der Waals surface area contributed by atoms with Gasteiger partial charge in [-0.2, -0.15) is 0 Å². The molecule has 3 aromatic rings. The number of nitrogens with zero attached hydrogens (tertiary/aromatic N) is 2. The van der Waals surface area contributed by atoms with E-state index in [1.54, 1.807) is 6.08 Å². The van der Waals surface area contributed by atoms with Gasteiger partial charge in [-0.3, -0.25) is 4.79 Å². The number of Topliss-reactive ketones (excluding diaryl/α,β-unsaturated/α-hetero) is 1. The van der Waals surface area contributed by atoms with E-state index < -0.39 is 0 Å². The SMILES string of the molecule is C=CCn1c(Cl)[n+](CC(=O)c2ccc(C)cc2)c2ccccc21.[Br-]. The lowest BCUT2D eigenvalue weighted by atomic mass is 10.1. The molecule has 0 radical (unpaired) electrons. The number of rotatable bonds is 5. The Morgan fingerprint density at radius 2 is 1.88 bits per heavy atom. The van der Waals surface area contributed by atoms with E-state index in [0.717, 1.165) is 16.6 Å². The van der Waals surface area contributed by atoms with Gasteiger partial charge in [-0.25, -0.2) is 9.13 Å². The number of hydrogen-bond acceptors (Lipinski definition) is 1. The normalized spacial score (nSPS) is 10.4.